The fourth-order valence-electron chi connectivity index (χ4n) is 1.38. The molecule has 3 nitrogen and oxygen atoms in total. The molecule has 0 atom stereocenters. The van der Waals surface area contributed by atoms with Crippen molar-refractivity contribution in [3.8, 4) is 11.5 Å². The second-order valence-corrected chi connectivity index (χ2v) is 4.05. The first-order chi connectivity index (χ1) is 8.15. The molecule has 0 amide bonds. The van der Waals surface area contributed by atoms with Gasteiger partial charge in [0.2, 0.25) is 0 Å². The molecule has 0 radical (unpaired) electrons. The molecule has 0 heterocycles. The summed E-state index contributed by atoms with van der Waals surface area (Å²) in [4.78, 5) is 0. The summed E-state index contributed by atoms with van der Waals surface area (Å²) < 4.78 is 5.55. The van der Waals surface area contributed by atoms with E-state index in [9.17, 15) is 0 Å². The predicted molar refractivity (Wildman–Crippen MR) is 68.3 cm³/mol. The quantitative estimate of drug-likeness (QED) is 0.822. The van der Waals surface area contributed by atoms with Crippen molar-refractivity contribution in [1.29, 1.82) is 0 Å². The van der Waals surface area contributed by atoms with Crippen molar-refractivity contribution in [3.05, 3.63) is 53.1 Å². The summed E-state index contributed by atoms with van der Waals surface area (Å²) in [6, 6.07) is 11.9. The molecule has 0 bridgehead atoms. The number of anilines is 1. The zero-order chi connectivity index (χ0) is 12.3. The number of aromatic hydroxyl groups is 1. The molecule has 88 valence electrons. The van der Waals surface area contributed by atoms with E-state index in [2.05, 4.69) is 0 Å². The lowest BCUT2D eigenvalue weighted by Gasteiger charge is -2.08. The van der Waals surface area contributed by atoms with Gasteiger partial charge in [-0.15, -0.1) is 0 Å². The lowest BCUT2D eigenvalue weighted by molar-refractivity contribution is 0.306. The van der Waals surface area contributed by atoms with Crippen LogP contribution in [0.5, 0.6) is 11.5 Å². The summed E-state index contributed by atoms with van der Waals surface area (Å²) in [6.45, 7) is 0.378. The van der Waals surface area contributed by atoms with Gasteiger partial charge in [0.1, 0.15) is 18.1 Å². The van der Waals surface area contributed by atoms with Crippen LogP contribution in [0.15, 0.2) is 42.5 Å². The predicted octanol–water partition coefficient (Wildman–Crippen LogP) is 3.21. The Balaban J connectivity index is 2.07. The molecule has 2 aromatic rings. The summed E-state index contributed by atoms with van der Waals surface area (Å²) in [6.07, 6.45) is 0. The van der Waals surface area contributed by atoms with Crippen LogP contribution >= 0.6 is 11.6 Å². The van der Waals surface area contributed by atoms with Crippen LogP contribution in [0.1, 0.15) is 5.56 Å². The Morgan fingerprint density at radius 3 is 2.53 bits per heavy atom. The highest BCUT2D eigenvalue weighted by Crippen LogP contribution is 2.27. The van der Waals surface area contributed by atoms with Gasteiger partial charge < -0.3 is 15.6 Å². The van der Waals surface area contributed by atoms with Gasteiger partial charge in [0.15, 0.2) is 0 Å². The molecule has 0 aliphatic carbocycles. The highest BCUT2D eigenvalue weighted by atomic mass is 35.5. The Labute approximate surface area is 104 Å². The zero-order valence-corrected chi connectivity index (χ0v) is 9.82. The first-order valence-electron chi connectivity index (χ1n) is 5.11. The van der Waals surface area contributed by atoms with Gasteiger partial charge in [-0.1, -0.05) is 23.7 Å². The van der Waals surface area contributed by atoms with E-state index in [0.29, 0.717) is 23.1 Å². The van der Waals surface area contributed by atoms with E-state index in [1.807, 2.05) is 0 Å². The van der Waals surface area contributed by atoms with Gasteiger partial charge in [0.05, 0.1) is 5.02 Å². The SMILES string of the molecule is Nc1ccc(Cl)c(OCc2ccc(O)cc2)c1. The number of halogens is 1. The first-order valence-corrected chi connectivity index (χ1v) is 5.48. The van der Waals surface area contributed by atoms with Gasteiger partial charge in [0, 0.05) is 11.8 Å². The Hall–Kier alpha value is -1.87. The van der Waals surface area contributed by atoms with Gasteiger partial charge in [-0.25, -0.2) is 0 Å². The maximum atomic E-state index is 9.14. The van der Waals surface area contributed by atoms with Crippen molar-refractivity contribution in [2.45, 2.75) is 6.61 Å². The van der Waals surface area contributed by atoms with Crippen LogP contribution in [0.4, 0.5) is 5.69 Å². The highest BCUT2D eigenvalue weighted by molar-refractivity contribution is 6.32. The van der Waals surface area contributed by atoms with E-state index in [-0.39, 0.29) is 5.75 Å². The van der Waals surface area contributed by atoms with Gasteiger partial charge in [0.25, 0.3) is 0 Å². The maximum Gasteiger partial charge on any atom is 0.140 e. The van der Waals surface area contributed by atoms with E-state index >= 15 is 0 Å². The molecule has 0 spiro atoms. The smallest absolute Gasteiger partial charge is 0.140 e. The molecular formula is C13H12ClNO2. The van der Waals surface area contributed by atoms with E-state index in [4.69, 9.17) is 27.2 Å². The lowest BCUT2D eigenvalue weighted by Crippen LogP contribution is -1.96. The normalized spacial score (nSPS) is 10.2. The van der Waals surface area contributed by atoms with Crippen LogP contribution in [-0.4, -0.2) is 5.11 Å². The minimum atomic E-state index is 0.232. The van der Waals surface area contributed by atoms with Crippen molar-refractivity contribution in [2.75, 3.05) is 5.73 Å². The minimum absolute atomic E-state index is 0.232. The van der Waals surface area contributed by atoms with Gasteiger partial charge in [-0.3, -0.25) is 0 Å². The molecule has 0 saturated carbocycles. The fourth-order valence-corrected chi connectivity index (χ4v) is 1.56. The van der Waals surface area contributed by atoms with E-state index < -0.39 is 0 Å². The average Bonchev–Trinajstić information content (AvgIpc) is 2.32. The van der Waals surface area contributed by atoms with Crippen molar-refractivity contribution in [2.24, 2.45) is 0 Å². The Kier molecular flexibility index (Phi) is 3.40. The largest absolute Gasteiger partial charge is 0.508 e. The van der Waals surface area contributed by atoms with Crippen molar-refractivity contribution >= 4 is 17.3 Å². The van der Waals surface area contributed by atoms with Gasteiger partial charge >= 0.3 is 0 Å². The van der Waals surface area contributed by atoms with E-state index in [0.717, 1.165) is 5.56 Å². The molecular weight excluding hydrogens is 238 g/mol. The van der Waals surface area contributed by atoms with Crippen molar-refractivity contribution in [1.82, 2.24) is 0 Å². The van der Waals surface area contributed by atoms with Crippen LogP contribution in [0.3, 0.4) is 0 Å². The standard InChI is InChI=1S/C13H12ClNO2/c14-12-6-3-10(15)7-13(12)17-8-9-1-4-11(16)5-2-9/h1-7,16H,8,15H2. The number of rotatable bonds is 3. The molecule has 0 unspecified atom stereocenters. The third-order valence-corrected chi connectivity index (χ3v) is 2.60. The molecule has 3 N–H and O–H groups in total. The third-order valence-electron chi connectivity index (χ3n) is 2.29. The second-order valence-electron chi connectivity index (χ2n) is 3.64. The topological polar surface area (TPSA) is 55.5 Å². The fraction of sp³-hybridized carbons (Fsp3) is 0.0769. The number of nitrogens with two attached hydrogens (primary N) is 1. The van der Waals surface area contributed by atoms with Crippen LogP contribution in [0.25, 0.3) is 0 Å². The summed E-state index contributed by atoms with van der Waals surface area (Å²) in [5.41, 5.74) is 7.20. The van der Waals surface area contributed by atoms with Crippen LogP contribution in [0, 0.1) is 0 Å². The van der Waals surface area contributed by atoms with Crippen LogP contribution < -0.4 is 10.5 Å². The van der Waals surface area contributed by atoms with Crippen molar-refractivity contribution < 1.29 is 9.84 Å². The molecule has 17 heavy (non-hydrogen) atoms. The lowest BCUT2D eigenvalue weighted by atomic mass is 10.2. The number of phenolic OH excluding ortho intramolecular Hbond substituents is 1. The summed E-state index contributed by atoms with van der Waals surface area (Å²) in [5, 5.41) is 9.67. The summed E-state index contributed by atoms with van der Waals surface area (Å²) >= 11 is 5.97. The van der Waals surface area contributed by atoms with E-state index in [1.165, 1.54) is 0 Å². The Bertz CT molecular complexity index is 511. The Morgan fingerprint density at radius 1 is 1.12 bits per heavy atom. The molecule has 2 aromatic carbocycles. The molecule has 0 aromatic heterocycles. The Morgan fingerprint density at radius 2 is 1.82 bits per heavy atom. The summed E-state index contributed by atoms with van der Waals surface area (Å²) in [5.74, 6) is 0.787. The number of benzene rings is 2. The van der Waals surface area contributed by atoms with Gasteiger partial charge in [-0.05, 0) is 29.8 Å². The average molecular weight is 250 g/mol. The molecule has 0 aliphatic heterocycles. The molecule has 2 rings (SSSR count). The van der Waals surface area contributed by atoms with Crippen LogP contribution in [0.2, 0.25) is 5.02 Å². The molecule has 0 saturated heterocycles. The third kappa shape index (κ3) is 3.04. The number of hydrogen-bond donors (Lipinski definition) is 2. The number of ether oxygens (including phenoxy) is 1. The number of phenols is 1. The zero-order valence-electron chi connectivity index (χ0n) is 9.06. The summed E-state index contributed by atoms with van der Waals surface area (Å²) in [7, 11) is 0. The van der Waals surface area contributed by atoms with E-state index in [1.54, 1.807) is 42.5 Å². The molecule has 0 aliphatic rings. The van der Waals surface area contributed by atoms with Crippen LogP contribution in [-0.2, 0) is 6.61 Å². The monoisotopic (exact) mass is 249 g/mol. The highest BCUT2D eigenvalue weighted by Gasteiger charge is 2.02. The number of hydrogen-bond acceptors (Lipinski definition) is 3. The molecule has 0 fully saturated rings. The first kappa shape index (κ1) is 11.6. The van der Waals surface area contributed by atoms with Gasteiger partial charge in [-0.2, -0.15) is 0 Å². The minimum Gasteiger partial charge on any atom is -0.508 e. The second kappa shape index (κ2) is 4.97. The van der Waals surface area contributed by atoms with Crippen molar-refractivity contribution in [3.63, 3.8) is 0 Å². The maximum absolute atomic E-state index is 9.14. The number of nitrogen functional groups attached to an aromatic ring is 1. The molecule has 4 heteroatoms.